The molecule has 0 radical (unpaired) electrons. The Morgan fingerprint density at radius 2 is 2.07 bits per heavy atom. The second-order valence-corrected chi connectivity index (χ2v) is 7.80. The molecular weight excluding hydrogens is 436 g/mol. The minimum atomic E-state index is -0.180. The number of benzene rings is 2. The number of nitrogens with zero attached hydrogens (tertiary/aromatic N) is 4. The van der Waals surface area contributed by atoms with Crippen molar-refractivity contribution in [1.82, 2.24) is 15.0 Å². The lowest BCUT2D eigenvalue weighted by Crippen LogP contribution is -2.27. The summed E-state index contributed by atoms with van der Waals surface area (Å²) >= 11 is 3.42. The van der Waals surface area contributed by atoms with Crippen LogP contribution in [-0.4, -0.2) is 40.4 Å². The molecule has 0 aliphatic carbocycles. The van der Waals surface area contributed by atoms with E-state index in [0.717, 1.165) is 22.1 Å². The van der Waals surface area contributed by atoms with Gasteiger partial charge in [-0.1, -0.05) is 39.3 Å². The Morgan fingerprint density at radius 3 is 2.83 bits per heavy atom. The SMILES string of the molecule is CN(Cc1nc(-c2cccc(Br)c2)no1)C(=O)c1cccc(N2CCCC2=O)c1. The number of carbonyl (C=O) groups is 2. The number of hydrogen-bond acceptors (Lipinski definition) is 5. The molecule has 3 aromatic rings. The predicted octanol–water partition coefficient (Wildman–Crippen LogP) is 3.90. The fraction of sp³-hybridized carbons (Fsp3) is 0.238. The fourth-order valence-electron chi connectivity index (χ4n) is 3.29. The van der Waals surface area contributed by atoms with Crippen LogP contribution in [0.3, 0.4) is 0 Å². The molecule has 0 N–H and O–H groups in total. The first kappa shape index (κ1) is 19.3. The molecule has 148 valence electrons. The molecule has 0 atom stereocenters. The number of amides is 2. The van der Waals surface area contributed by atoms with Crippen LogP contribution in [0.15, 0.2) is 57.5 Å². The molecule has 0 unspecified atom stereocenters. The molecular formula is C21H19BrN4O3. The summed E-state index contributed by atoms with van der Waals surface area (Å²) in [5.41, 5.74) is 2.09. The molecule has 29 heavy (non-hydrogen) atoms. The molecule has 0 spiro atoms. The first-order chi connectivity index (χ1) is 14.0. The van der Waals surface area contributed by atoms with Crippen LogP contribution in [-0.2, 0) is 11.3 Å². The van der Waals surface area contributed by atoms with E-state index in [-0.39, 0.29) is 18.4 Å². The summed E-state index contributed by atoms with van der Waals surface area (Å²) in [5, 5.41) is 4.00. The standard InChI is InChI=1S/C21H19BrN4O3/c1-25(13-18-23-20(24-29-18)14-5-2-7-16(22)11-14)21(28)15-6-3-8-17(12-15)26-10-4-9-19(26)27/h2-3,5-8,11-12H,4,9-10,13H2,1H3. The lowest BCUT2D eigenvalue weighted by atomic mass is 10.1. The predicted molar refractivity (Wildman–Crippen MR) is 111 cm³/mol. The normalized spacial score (nSPS) is 13.7. The topological polar surface area (TPSA) is 79.5 Å². The average Bonchev–Trinajstić information content (AvgIpc) is 3.36. The molecule has 1 aromatic heterocycles. The highest BCUT2D eigenvalue weighted by Crippen LogP contribution is 2.23. The summed E-state index contributed by atoms with van der Waals surface area (Å²) < 4.78 is 6.23. The maximum Gasteiger partial charge on any atom is 0.254 e. The molecule has 1 saturated heterocycles. The molecule has 8 heteroatoms. The highest BCUT2D eigenvalue weighted by molar-refractivity contribution is 9.10. The van der Waals surface area contributed by atoms with E-state index in [1.807, 2.05) is 30.3 Å². The summed E-state index contributed by atoms with van der Waals surface area (Å²) in [7, 11) is 1.68. The maximum atomic E-state index is 12.8. The Labute approximate surface area is 176 Å². The fourth-order valence-corrected chi connectivity index (χ4v) is 3.69. The molecule has 1 fully saturated rings. The molecule has 4 rings (SSSR count). The Bertz CT molecular complexity index is 1070. The molecule has 2 heterocycles. The lowest BCUT2D eigenvalue weighted by molar-refractivity contribution is -0.117. The average molecular weight is 455 g/mol. The van der Waals surface area contributed by atoms with Gasteiger partial charge in [-0.3, -0.25) is 9.59 Å². The first-order valence-corrected chi connectivity index (χ1v) is 10.0. The van der Waals surface area contributed by atoms with Gasteiger partial charge in [-0.15, -0.1) is 0 Å². The quantitative estimate of drug-likeness (QED) is 0.583. The van der Waals surface area contributed by atoms with E-state index in [9.17, 15) is 9.59 Å². The first-order valence-electron chi connectivity index (χ1n) is 9.26. The van der Waals surface area contributed by atoms with E-state index in [1.165, 1.54) is 4.90 Å². The van der Waals surface area contributed by atoms with Crippen LogP contribution >= 0.6 is 15.9 Å². The van der Waals surface area contributed by atoms with Gasteiger partial charge in [0.15, 0.2) is 0 Å². The summed E-state index contributed by atoms with van der Waals surface area (Å²) in [4.78, 5) is 32.4. The Kier molecular flexibility index (Phi) is 5.44. The Hall–Kier alpha value is -3.00. The molecule has 0 saturated carbocycles. The van der Waals surface area contributed by atoms with E-state index < -0.39 is 0 Å². The molecule has 0 bridgehead atoms. The monoisotopic (exact) mass is 454 g/mol. The van der Waals surface area contributed by atoms with Gasteiger partial charge in [0.1, 0.15) is 0 Å². The van der Waals surface area contributed by atoms with Gasteiger partial charge in [0, 0.05) is 41.3 Å². The Balaban J connectivity index is 1.47. The summed E-state index contributed by atoms with van der Waals surface area (Å²) in [5.74, 6) is 0.730. The van der Waals surface area contributed by atoms with E-state index in [4.69, 9.17) is 4.52 Å². The number of anilines is 1. The number of halogens is 1. The molecule has 1 aliphatic heterocycles. The zero-order valence-corrected chi connectivity index (χ0v) is 17.4. The van der Waals surface area contributed by atoms with Crippen molar-refractivity contribution in [3.8, 4) is 11.4 Å². The van der Waals surface area contributed by atoms with Gasteiger partial charge in [-0.05, 0) is 36.8 Å². The van der Waals surface area contributed by atoms with E-state index in [0.29, 0.717) is 30.2 Å². The zero-order chi connectivity index (χ0) is 20.4. The highest BCUT2D eigenvalue weighted by atomic mass is 79.9. The molecule has 2 aromatic carbocycles. The summed E-state index contributed by atoms with van der Waals surface area (Å²) in [6.45, 7) is 0.874. The lowest BCUT2D eigenvalue weighted by Gasteiger charge is -2.18. The second-order valence-electron chi connectivity index (χ2n) is 6.88. The largest absolute Gasteiger partial charge is 0.337 e. The van der Waals surface area contributed by atoms with Crippen molar-refractivity contribution in [1.29, 1.82) is 0 Å². The Morgan fingerprint density at radius 1 is 1.24 bits per heavy atom. The summed E-state index contributed by atoms with van der Waals surface area (Å²) in [6, 6.07) is 14.7. The van der Waals surface area contributed by atoms with Gasteiger partial charge in [-0.25, -0.2) is 0 Å². The summed E-state index contributed by atoms with van der Waals surface area (Å²) in [6.07, 6.45) is 1.39. The van der Waals surface area contributed by atoms with E-state index in [1.54, 1.807) is 30.1 Å². The van der Waals surface area contributed by atoms with Crippen LogP contribution in [0.4, 0.5) is 5.69 Å². The van der Waals surface area contributed by atoms with Gasteiger partial charge < -0.3 is 14.3 Å². The van der Waals surface area contributed by atoms with Crippen LogP contribution in [0.5, 0.6) is 0 Å². The van der Waals surface area contributed by atoms with Crippen molar-refractivity contribution in [2.45, 2.75) is 19.4 Å². The minimum Gasteiger partial charge on any atom is -0.337 e. The van der Waals surface area contributed by atoms with Gasteiger partial charge in [0.25, 0.3) is 5.91 Å². The highest BCUT2D eigenvalue weighted by Gasteiger charge is 2.23. The van der Waals surface area contributed by atoms with Crippen LogP contribution in [0.2, 0.25) is 0 Å². The van der Waals surface area contributed by atoms with Crippen LogP contribution in [0.25, 0.3) is 11.4 Å². The van der Waals surface area contributed by atoms with Crippen LogP contribution < -0.4 is 4.90 Å². The van der Waals surface area contributed by atoms with Gasteiger partial charge in [-0.2, -0.15) is 4.98 Å². The van der Waals surface area contributed by atoms with E-state index >= 15 is 0 Å². The van der Waals surface area contributed by atoms with E-state index in [2.05, 4.69) is 26.1 Å². The van der Waals surface area contributed by atoms with Crippen molar-refractivity contribution in [3.05, 3.63) is 64.5 Å². The van der Waals surface area contributed by atoms with Crippen molar-refractivity contribution in [2.24, 2.45) is 0 Å². The third-order valence-electron chi connectivity index (χ3n) is 4.75. The van der Waals surface area contributed by atoms with Crippen LogP contribution in [0.1, 0.15) is 29.1 Å². The van der Waals surface area contributed by atoms with Crippen molar-refractivity contribution in [3.63, 3.8) is 0 Å². The second kappa shape index (κ2) is 8.16. The molecule has 7 nitrogen and oxygen atoms in total. The molecule has 2 amide bonds. The van der Waals surface area contributed by atoms with Gasteiger partial charge in [0.05, 0.1) is 6.54 Å². The number of carbonyl (C=O) groups excluding carboxylic acids is 2. The number of hydrogen-bond donors (Lipinski definition) is 0. The van der Waals surface area contributed by atoms with Gasteiger partial charge in [0.2, 0.25) is 17.6 Å². The molecule has 1 aliphatic rings. The van der Waals surface area contributed by atoms with Crippen molar-refractivity contribution < 1.29 is 14.1 Å². The van der Waals surface area contributed by atoms with Gasteiger partial charge >= 0.3 is 0 Å². The third kappa shape index (κ3) is 4.22. The smallest absolute Gasteiger partial charge is 0.254 e. The van der Waals surface area contributed by atoms with Crippen molar-refractivity contribution in [2.75, 3.05) is 18.5 Å². The maximum absolute atomic E-state index is 12.8. The number of aromatic nitrogens is 2. The van der Waals surface area contributed by atoms with Crippen LogP contribution in [0, 0.1) is 0 Å². The van der Waals surface area contributed by atoms with Crippen molar-refractivity contribution >= 4 is 33.4 Å². The zero-order valence-electron chi connectivity index (χ0n) is 15.8. The number of rotatable bonds is 5. The minimum absolute atomic E-state index is 0.0916. The third-order valence-corrected chi connectivity index (χ3v) is 5.24.